The summed E-state index contributed by atoms with van der Waals surface area (Å²) < 4.78 is 9.92. The van der Waals surface area contributed by atoms with Crippen LogP contribution < -0.4 is 15.4 Å². The van der Waals surface area contributed by atoms with E-state index in [1.54, 1.807) is 31.2 Å². The van der Waals surface area contributed by atoms with Crippen molar-refractivity contribution in [3.8, 4) is 17.6 Å². The van der Waals surface area contributed by atoms with Gasteiger partial charge < -0.3 is 20.1 Å². The Morgan fingerprint density at radius 3 is 2.70 bits per heavy atom. The molecule has 0 aliphatic rings. The predicted molar refractivity (Wildman–Crippen MR) is 83.7 cm³/mol. The van der Waals surface area contributed by atoms with Crippen molar-refractivity contribution < 1.29 is 23.9 Å². The van der Waals surface area contributed by atoms with E-state index in [2.05, 4.69) is 27.2 Å². The standard InChI is InChI=1S/C16H18N2O5/c1-3-22-16(21)15(20)17-9-4-5-10-23-14-8-6-7-13(11-14)18-12(2)19/h6-8,11H,3,9-10H2,1-2H3,(H,17,20)(H,18,19). The van der Waals surface area contributed by atoms with E-state index >= 15 is 0 Å². The van der Waals surface area contributed by atoms with E-state index in [-0.39, 0.29) is 25.7 Å². The molecule has 2 N–H and O–H groups in total. The van der Waals surface area contributed by atoms with Crippen molar-refractivity contribution in [3.05, 3.63) is 24.3 Å². The average Bonchev–Trinajstić information content (AvgIpc) is 2.50. The zero-order valence-electron chi connectivity index (χ0n) is 13.0. The fourth-order valence-corrected chi connectivity index (χ4v) is 1.49. The Morgan fingerprint density at radius 1 is 1.22 bits per heavy atom. The second-order valence-electron chi connectivity index (χ2n) is 4.25. The highest BCUT2D eigenvalue weighted by Gasteiger charge is 2.12. The number of esters is 1. The molecule has 0 fully saturated rings. The molecule has 1 rings (SSSR count). The van der Waals surface area contributed by atoms with Gasteiger partial charge in [-0.1, -0.05) is 17.9 Å². The van der Waals surface area contributed by atoms with Crippen molar-refractivity contribution in [2.45, 2.75) is 13.8 Å². The van der Waals surface area contributed by atoms with Crippen LogP contribution in [0.3, 0.4) is 0 Å². The summed E-state index contributed by atoms with van der Waals surface area (Å²) in [7, 11) is 0. The van der Waals surface area contributed by atoms with Gasteiger partial charge in [0, 0.05) is 18.7 Å². The first kappa shape index (κ1) is 18.0. The summed E-state index contributed by atoms with van der Waals surface area (Å²) in [5.74, 6) is 3.97. The van der Waals surface area contributed by atoms with Crippen LogP contribution in [-0.4, -0.2) is 37.5 Å². The zero-order valence-corrected chi connectivity index (χ0v) is 13.0. The smallest absolute Gasteiger partial charge is 0.396 e. The number of carbonyl (C=O) groups is 3. The van der Waals surface area contributed by atoms with E-state index in [0.717, 1.165) is 0 Å². The van der Waals surface area contributed by atoms with Gasteiger partial charge in [0.2, 0.25) is 5.91 Å². The maximum atomic E-state index is 11.2. The molecule has 0 saturated heterocycles. The molecule has 2 amide bonds. The molecule has 7 heteroatoms. The molecular weight excluding hydrogens is 300 g/mol. The molecule has 1 aromatic rings. The molecule has 1 aromatic carbocycles. The molecule has 0 aliphatic heterocycles. The van der Waals surface area contributed by atoms with Gasteiger partial charge in [-0.3, -0.25) is 9.59 Å². The van der Waals surface area contributed by atoms with Crippen LogP contribution >= 0.6 is 0 Å². The van der Waals surface area contributed by atoms with Gasteiger partial charge in [0.25, 0.3) is 0 Å². The summed E-state index contributed by atoms with van der Waals surface area (Å²) in [5.41, 5.74) is 0.629. The van der Waals surface area contributed by atoms with Gasteiger partial charge in [0.15, 0.2) is 0 Å². The van der Waals surface area contributed by atoms with Gasteiger partial charge in [0.05, 0.1) is 13.2 Å². The molecule has 0 heterocycles. The van der Waals surface area contributed by atoms with Gasteiger partial charge in [-0.2, -0.15) is 0 Å². The minimum absolute atomic E-state index is 0.0208. The monoisotopic (exact) mass is 318 g/mol. The van der Waals surface area contributed by atoms with E-state index in [0.29, 0.717) is 11.4 Å². The number of amides is 2. The first-order valence-electron chi connectivity index (χ1n) is 6.94. The number of anilines is 1. The van der Waals surface area contributed by atoms with Gasteiger partial charge in [-0.25, -0.2) is 4.79 Å². The second kappa shape index (κ2) is 9.84. The second-order valence-corrected chi connectivity index (χ2v) is 4.25. The van der Waals surface area contributed by atoms with Crippen molar-refractivity contribution >= 4 is 23.5 Å². The van der Waals surface area contributed by atoms with E-state index in [9.17, 15) is 14.4 Å². The Hall–Kier alpha value is -3.01. The van der Waals surface area contributed by atoms with Gasteiger partial charge in [-0.15, -0.1) is 0 Å². The quantitative estimate of drug-likeness (QED) is 0.474. The van der Waals surface area contributed by atoms with Crippen molar-refractivity contribution in [2.75, 3.05) is 25.1 Å². The fraction of sp³-hybridized carbons (Fsp3) is 0.312. The summed E-state index contributed by atoms with van der Waals surface area (Å²) in [6, 6.07) is 6.89. The number of benzene rings is 1. The van der Waals surface area contributed by atoms with Gasteiger partial charge in [0.1, 0.15) is 12.4 Å². The lowest BCUT2D eigenvalue weighted by Crippen LogP contribution is -2.32. The predicted octanol–water partition coefficient (Wildman–Crippen LogP) is 0.706. The number of carbonyl (C=O) groups excluding carboxylic acids is 3. The number of ether oxygens (including phenoxy) is 2. The number of nitrogens with one attached hydrogen (secondary N) is 2. The van der Waals surface area contributed by atoms with Crippen LogP contribution in [0.2, 0.25) is 0 Å². The Bertz CT molecular complexity index is 631. The van der Waals surface area contributed by atoms with Crippen LogP contribution in [-0.2, 0) is 19.1 Å². The van der Waals surface area contributed by atoms with E-state index < -0.39 is 11.9 Å². The lowest BCUT2D eigenvalue weighted by molar-refractivity contribution is -0.154. The third-order valence-corrected chi connectivity index (χ3v) is 2.39. The Labute approximate surface area is 134 Å². The molecular formula is C16H18N2O5. The molecule has 0 aliphatic carbocycles. The fourth-order valence-electron chi connectivity index (χ4n) is 1.49. The molecule has 0 atom stereocenters. The van der Waals surface area contributed by atoms with Crippen LogP contribution in [0.15, 0.2) is 24.3 Å². The number of rotatable bonds is 5. The van der Waals surface area contributed by atoms with Crippen LogP contribution in [0.4, 0.5) is 5.69 Å². The normalized spacial score (nSPS) is 9.13. The minimum atomic E-state index is -0.930. The lowest BCUT2D eigenvalue weighted by atomic mass is 10.3. The number of hydrogen-bond donors (Lipinski definition) is 2. The molecule has 0 unspecified atom stereocenters. The van der Waals surface area contributed by atoms with Crippen molar-refractivity contribution in [3.63, 3.8) is 0 Å². The third kappa shape index (κ3) is 7.52. The summed E-state index contributed by atoms with van der Waals surface area (Å²) in [5, 5.41) is 4.95. The maximum Gasteiger partial charge on any atom is 0.396 e. The van der Waals surface area contributed by atoms with Gasteiger partial charge in [-0.05, 0) is 19.1 Å². The molecule has 0 bridgehead atoms. The molecule has 7 nitrogen and oxygen atoms in total. The first-order valence-corrected chi connectivity index (χ1v) is 6.94. The molecule has 23 heavy (non-hydrogen) atoms. The Kier molecular flexibility index (Phi) is 7.72. The average molecular weight is 318 g/mol. The van der Waals surface area contributed by atoms with Crippen LogP contribution in [0, 0.1) is 11.8 Å². The molecule has 0 saturated carbocycles. The third-order valence-electron chi connectivity index (χ3n) is 2.39. The summed E-state index contributed by atoms with van der Waals surface area (Å²) in [6.45, 7) is 3.31. The first-order chi connectivity index (χ1) is 11.0. The SMILES string of the molecule is CCOC(=O)C(=O)NCC#CCOc1cccc(NC(C)=O)c1. The van der Waals surface area contributed by atoms with Crippen molar-refractivity contribution in [1.29, 1.82) is 0 Å². The Morgan fingerprint density at radius 2 is 2.00 bits per heavy atom. The molecule has 0 spiro atoms. The van der Waals surface area contributed by atoms with E-state index in [1.807, 2.05) is 0 Å². The van der Waals surface area contributed by atoms with Crippen LogP contribution in [0.25, 0.3) is 0 Å². The summed E-state index contributed by atoms with van der Waals surface area (Å²) in [4.78, 5) is 33.2. The topological polar surface area (TPSA) is 93.7 Å². The van der Waals surface area contributed by atoms with Crippen LogP contribution in [0.5, 0.6) is 5.75 Å². The molecule has 0 radical (unpaired) electrons. The molecule has 0 aromatic heterocycles. The largest absolute Gasteiger partial charge is 0.481 e. The highest BCUT2D eigenvalue weighted by molar-refractivity contribution is 6.32. The van der Waals surface area contributed by atoms with Crippen molar-refractivity contribution in [1.82, 2.24) is 5.32 Å². The highest BCUT2D eigenvalue weighted by Crippen LogP contribution is 2.16. The Balaban J connectivity index is 2.34. The maximum absolute atomic E-state index is 11.2. The van der Waals surface area contributed by atoms with Crippen molar-refractivity contribution in [2.24, 2.45) is 0 Å². The lowest BCUT2D eigenvalue weighted by Gasteiger charge is -2.05. The number of hydrogen-bond acceptors (Lipinski definition) is 5. The van der Waals surface area contributed by atoms with Crippen LogP contribution in [0.1, 0.15) is 13.8 Å². The minimum Gasteiger partial charge on any atom is -0.481 e. The van der Waals surface area contributed by atoms with E-state index in [4.69, 9.17) is 4.74 Å². The summed E-state index contributed by atoms with van der Waals surface area (Å²) >= 11 is 0. The summed E-state index contributed by atoms with van der Waals surface area (Å²) in [6.07, 6.45) is 0. The van der Waals surface area contributed by atoms with Gasteiger partial charge >= 0.3 is 11.9 Å². The molecule has 122 valence electrons. The highest BCUT2D eigenvalue weighted by atomic mass is 16.5. The zero-order chi connectivity index (χ0) is 17.1. The van der Waals surface area contributed by atoms with E-state index in [1.165, 1.54) is 6.92 Å².